The van der Waals surface area contributed by atoms with E-state index >= 15 is 0 Å². The maximum absolute atomic E-state index is 14.2. The number of nitrogens with one attached hydrogen (secondary N) is 1. The van der Waals surface area contributed by atoms with Crippen molar-refractivity contribution in [3.8, 4) is 0 Å². The van der Waals surface area contributed by atoms with Gasteiger partial charge in [0, 0.05) is 23.5 Å². The molecule has 0 saturated heterocycles. The molecule has 1 saturated carbocycles. The molecule has 242 valence electrons. The van der Waals surface area contributed by atoms with E-state index in [0.29, 0.717) is 15.9 Å². The van der Waals surface area contributed by atoms with Crippen LogP contribution >= 0.6 is 27.5 Å². The number of benzene rings is 3. The largest absolute Gasteiger partial charge is 0.417 e. The lowest BCUT2D eigenvalue weighted by Crippen LogP contribution is -2.55. The highest BCUT2D eigenvalue weighted by molar-refractivity contribution is 9.10. The molecule has 3 aromatic rings. The second-order valence-corrected chi connectivity index (χ2v) is 14.4. The summed E-state index contributed by atoms with van der Waals surface area (Å²) in [5.74, 6) is -1.14. The third kappa shape index (κ3) is 9.70. The maximum atomic E-state index is 14.2. The molecule has 13 heteroatoms. The minimum atomic E-state index is -4.86. The van der Waals surface area contributed by atoms with E-state index in [1.54, 1.807) is 24.3 Å². The number of anilines is 1. The molecule has 0 spiro atoms. The summed E-state index contributed by atoms with van der Waals surface area (Å²) in [5, 5.41) is 2.50. The van der Waals surface area contributed by atoms with Crippen LogP contribution in [0.25, 0.3) is 0 Å². The Bertz CT molecular complexity index is 1600. The minimum absolute atomic E-state index is 0.0557. The molecule has 1 aliphatic carbocycles. The van der Waals surface area contributed by atoms with Crippen molar-refractivity contribution in [2.75, 3.05) is 17.1 Å². The molecule has 0 aromatic heterocycles. The van der Waals surface area contributed by atoms with Gasteiger partial charge in [-0.05, 0) is 54.3 Å². The van der Waals surface area contributed by atoms with Crippen molar-refractivity contribution < 1.29 is 31.2 Å². The summed E-state index contributed by atoms with van der Waals surface area (Å²) in [7, 11) is -4.26. The molecule has 4 rings (SSSR count). The van der Waals surface area contributed by atoms with Crippen molar-refractivity contribution in [1.82, 2.24) is 10.2 Å². The zero-order chi connectivity index (χ0) is 32.8. The number of halogens is 5. The molecule has 2 amide bonds. The van der Waals surface area contributed by atoms with E-state index in [1.165, 1.54) is 4.90 Å². The maximum Gasteiger partial charge on any atom is 0.417 e. The smallest absolute Gasteiger partial charge is 0.352 e. The van der Waals surface area contributed by atoms with Crippen molar-refractivity contribution in [1.29, 1.82) is 0 Å². The average Bonchev–Trinajstić information content (AvgIpc) is 2.98. The Balaban J connectivity index is 1.76. The molecule has 0 aliphatic heterocycles. The molecule has 1 aliphatic rings. The molecule has 1 N–H and O–H groups in total. The summed E-state index contributed by atoms with van der Waals surface area (Å²) in [6.45, 7) is -0.895. The van der Waals surface area contributed by atoms with Crippen LogP contribution in [-0.4, -0.2) is 50.0 Å². The highest BCUT2D eigenvalue weighted by Gasteiger charge is 2.37. The van der Waals surface area contributed by atoms with Crippen molar-refractivity contribution in [2.45, 2.75) is 63.3 Å². The molecule has 3 aromatic carbocycles. The Hall–Kier alpha value is -3.09. The Morgan fingerprint density at radius 2 is 1.64 bits per heavy atom. The van der Waals surface area contributed by atoms with Crippen LogP contribution in [0.5, 0.6) is 0 Å². The van der Waals surface area contributed by atoms with E-state index in [1.807, 2.05) is 30.3 Å². The predicted octanol–water partition coefficient (Wildman–Crippen LogP) is 6.98. The Morgan fingerprint density at radius 3 is 2.27 bits per heavy atom. The van der Waals surface area contributed by atoms with Crippen LogP contribution in [0.3, 0.4) is 0 Å². The van der Waals surface area contributed by atoms with Crippen LogP contribution in [0.15, 0.2) is 77.3 Å². The number of sulfonamides is 1. The Labute approximate surface area is 274 Å². The van der Waals surface area contributed by atoms with Crippen molar-refractivity contribution in [3.63, 3.8) is 0 Å². The molecular weight excluding hydrogens is 695 g/mol. The van der Waals surface area contributed by atoms with Crippen molar-refractivity contribution >= 4 is 55.1 Å². The van der Waals surface area contributed by atoms with Gasteiger partial charge in [0.2, 0.25) is 21.8 Å². The number of carbonyl (C=O) groups is 2. The summed E-state index contributed by atoms with van der Waals surface area (Å²) >= 11 is 9.21. The van der Waals surface area contributed by atoms with Crippen LogP contribution in [0.4, 0.5) is 18.9 Å². The fourth-order valence-corrected chi connectivity index (χ4v) is 6.94. The number of hydrogen-bond acceptors (Lipinski definition) is 4. The predicted molar refractivity (Wildman–Crippen MR) is 172 cm³/mol. The van der Waals surface area contributed by atoms with Gasteiger partial charge in [0.1, 0.15) is 12.6 Å². The van der Waals surface area contributed by atoms with E-state index in [4.69, 9.17) is 11.6 Å². The first-order chi connectivity index (χ1) is 21.2. The molecule has 1 atom stereocenters. The SMILES string of the molecule is CS(=O)(=O)N(CC(=O)N(Cc1cccc(Br)c1)[C@@H](Cc1ccccc1)C(=O)NC1CCCCC1)c1ccc(Cl)c(C(F)(F)F)c1. The number of alkyl halides is 3. The standard InChI is InChI=1S/C32H34BrClF3N3O4S/c1-45(43,44)40(26-15-16-28(34)27(19-26)32(35,36)37)21-30(41)39(20-23-11-8-12-24(33)17-23)29(18-22-9-4-2-5-10-22)31(42)38-25-13-6-3-7-14-25/h2,4-5,8-12,15-17,19,25,29H,3,6-7,13-14,18,20-21H2,1H3,(H,38,42)/t29-/m0/s1. The first-order valence-electron chi connectivity index (χ1n) is 14.4. The monoisotopic (exact) mass is 727 g/mol. The Kier molecular flexibility index (Phi) is 11.6. The van der Waals surface area contributed by atoms with Gasteiger partial charge in [-0.3, -0.25) is 13.9 Å². The number of rotatable bonds is 11. The second kappa shape index (κ2) is 15.0. The molecule has 0 unspecified atom stereocenters. The lowest BCUT2D eigenvalue weighted by molar-refractivity contribution is -0.140. The van der Waals surface area contributed by atoms with Gasteiger partial charge in [-0.1, -0.05) is 89.3 Å². The highest BCUT2D eigenvalue weighted by Crippen LogP contribution is 2.37. The van der Waals surface area contributed by atoms with Crippen molar-refractivity contribution in [2.24, 2.45) is 0 Å². The normalized spacial score (nSPS) is 14.9. The Morgan fingerprint density at radius 1 is 0.978 bits per heavy atom. The summed E-state index contributed by atoms with van der Waals surface area (Å²) in [4.78, 5) is 29.5. The third-order valence-electron chi connectivity index (χ3n) is 7.69. The highest BCUT2D eigenvalue weighted by atomic mass is 79.9. The molecule has 45 heavy (non-hydrogen) atoms. The molecule has 0 bridgehead atoms. The van der Waals surface area contributed by atoms with Crippen molar-refractivity contribution in [3.05, 3.63) is 99.0 Å². The van der Waals surface area contributed by atoms with E-state index in [2.05, 4.69) is 21.2 Å². The number of amides is 2. The van der Waals surface area contributed by atoms with Crippen LogP contribution in [-0.2, 0) is 38.8 Å². The minimum Gasteiger partial charge on any atom is -0.352 e. The van der Waals surface area contributed by atoms with Gasteiger partial charge in [0.25, 0.3) is 0 Å². The van der Waals surface area contributed by atoms with Gasteiger partial charge >= 0.3 is 6.18 Å². The molecule has 0 heterocycles. The van der Waals surface area contributed by atoms with Gasteiger partial charge in [0.05, 0.1) is 22.5 Å². The van der Waals surface area contributed by atoms with Crippen LogP contribution < -0.4 is 9.62 Å². The van der Waals surface area contributed by atoms with Gasteiger partial charge in [-0.15, -0.1) is 0 Å². The first-order valence-corrected chi connectivity index (χ1v) is 17.5. The first kappa shape index (κ1) is 34.8. The van der Waals surface area contributed by atoms with E-state index in [9.17, 15) is 31.2 Å². The van der Waals surface area contributed by atoms with E-state index in [0.717, 1.165) is 60.5 Å². The van der Waals surface area contributed by atoms with Gasteiger partial charge < -0.3 is 10.2 Å². The zero-order valence-electron chi connectivity index (χ0n) is 24.6. The number of carbonyl (C=O) groups excluding carboxylic acids is 2. The third-order valence-corrected chi connectivity index (χ3v) is 9.65. The lowest BCUT2D eigenvalue weighted by Gasteiger charge is -2.35. The summed E-state index contributed by atoms with van der Waals surface area (Å²) in [5.41, 5.74) is -0.169. The molecule has 7 nitrogen and oxygen atoms in total. The molecular formula is C32H34BrClF3N3O4S. The van der Waals surface area contributed by atoms with Crippen LogP contribution in [0.1, 0.15) is 48.8 Å². The van der Waals surface area contributed by atoms with Gasteiger partial charge in [0.15, 0.2) is 0 Å². The van der Waals surface area contributed by atoms with E-state index in [-0.39, 0.29) is 30.6 Å². The fourth-order valence-electron chi connectivity index (χ4n) is 5.43. The summed E-state index contributed by atoms with van der Waals surface area (Å²) < 4.78 is 68.3. The summed E-state index contributed by atoms with van der Waals surface area (Å²) in [6, 6.07) is 17.8. The van der Waals surface area contributed by atoms with Gasteiger partial charge in [-0.25, -0.2) is 8.42 Å². The van der Waals surface area contributed by atoms with Crippen LogP contribution in [0.2, 0.25) is 5.02 Å². The van der Waals surface area contributed by atoms with Crippen LogP contribution in [0, 0.1) is 0 Å². The fraction of sp³-hybridized carbons (Fsp3) is 0.375. The number of nitrogens with zero attached hydrogens (tertiary/aromatic N) is 2. The number of hydrogen-bond donors (Lipinski definition) is 1. The topological polar surface area (TPSA) is 86.8 Å². The second-order valence-electron chi connectivity index (χ2n) is 11.1. The van der Waals surface area contributed by atoms with E-state index < -0.39 is 45.3 Å². The van der Waals surface area contributed by atoms with Gasteiger partial charge in [-0.2, -0.15) is 13.2 Å². The lowest BCUT2D eigenvalue weighted by atomic mass is 9.94. The molecule has 1 fully saturated rings. The zero-order valence-corrected chi connectivity index (χ0v) is 27.7. The quantitative estimate of drug-likeness (QED) is 0.231. The average molecular weight is 729 g/mol. The summed E-state index contributed by atoms with van der Waals surface area (Å²) in [6.07, 6.45) is 0.723. The molecule has 0 radical (unpaired) electrons.